The molecule has 7 nitrogen and oxygen atoms in total. The Bertz CT molecular complexity index is 914. The average Bonchev–Trinajstić information content (AvgIpc) is 3.22. The van der Waals surface area contributed by atoms with Crippen molar-refractivity contribution in [3.05, 3.63) is 48.0 Å². The third kappa shape index (κ3) is 4.85. The largest absolute Gasteiger partial charge is 0.369 e. The summed E-state index contributed by atoms with van der Waals surface area (Å²) in [4.78, 5) is 18.4. The summed E-state index contributed by atoms with van der Waals surface area (Å²) in [5.74, 6) is 0.707. The molecular formula is C21H22N6O. The van der Waals surface area contributed by atoms with Crippen molar-refractivity contribution in [1.82, 2.24) is 15.2 Å². The van der Waals surface area contributed by atoms with Crippen molar-refractivity contribution >= 4 is 11.7 Å². The molecule has 1 fully saturated rings. The molecule has 1 aromatic heterocycles. The Balaban J connectivity index is 1.46. The number of nitriles is 2. The molecule has 1 saturated heterocycles. The highest BCUT2D eigenvalue weighted by molar-refractivity contribution is 5.79. The molecule has 2 aromatic rings. The van der Waals surface area contributed by atoms with Gasteiger partial charge in [0.1, 0.15) is 11.9 Å². The van der Waals surface area contributed by atoms with Gasteiger partial charge in [-0.25, -0.2) is 4.98 Å². The molecule has 3 rings (SSSR count). The first-order valence-electron chi connectivity index (χ1n) is 9.32. The molecule has 2 heterocycles. The van der Waals surface area contributed by atoms with Gasteiger partial charge in [-0.05, 0) is 37.1 Å². The molecule has 28 heavy (non-hydrogen) atoms. The quantitative estimate of drug-likeness (QED) is 0.720. The van der Waals surface area contributed by atoms with Gasteiger partial charge in [0.15, 0.2) is 0 Å². The summed E-state index contributed by atoms with van der Waals surface area (Å²) in [7, 11) is 0. The fourth-order valence-electron chi connectivity index (χ4n) is 3.22. The maximum Gasteiger partial charge on any atom is 0.237 e. The van der Waals surface area contributed by atoms with Crippen LogP contribution < -0.4 is 10.6 Å². The Morgan fingerprint density at radius 3 is 2.89 bits per heavy atom. The molecule has 1 aliphatic rings. The second kappa shape index (κ2) is 9.50. The van der Waals surface area contributed by atoms with Crippen LogP contribution in [-0.2, 0) is 4.79 Å². The first kappa shape index (κ1) is 19.3. The molecule has 0 aliphatic carbocycles. The van der Waals surface area contributed by atoms with Crippen LogP contribution in [0.3, 0.4) is 0 Å². The lowest BCUT2D eigenvalue weighted by molar-refractivity contribution is -0.130. The van der Waals surface area contributed by atoms with E-state index in [0.717, 1.165) is 29.9 Å². The number of amides is 1. The van der Waals surface area contributed by atoms with Gasteiger partial charge >= 0.3 is 0 Å². The van der Waals surface area contributed by atoms with E-state index < -0.39 is 0 Å². The minimum absolute atomic E-state index is 0.0263. The summed E-state index contributed by atoms with van der Waals surface area (Å²) in [6.45, 7) is 2.12. The number of hydrogen-bond donors (Lipinski definition) is 2. The van der Waals surface area contributed by atoms with Crippen LogP contribution in [0.25, 0.3) is 11.3 Å². The number of pyridine rings is 1. The molecule has 0 spiro atoms. The van der Waals surface area contributed by atoms with E-state index in [1.165, 1.54) is 0 Å². The van der Waals surface area contributed by atoms with E-state index in [9.17, 15) is 4.79 Å². The third-order valence-corrected chi connectivity index (χ3v) is 4.64. The summed E-state index contributed by atoms with van der Waals surface area (Å²) in [5.41, 5.74) is 2.29. The summed E-state index contributed by atoms with van der Waals surface area (Å²) >= 11 is 0. The van der Waals surface area contributed by atoms with Crippen LogP contribution in [0, 0.1) is 22.7 Å². The highest BCUT2D eigenvalue weighted by atomic mass is 16.2. The number of carbonyl (C=O) groups is 1. The lowest BCUT2D eigenvalue weighted by atomic mass is 10.1. The Morgan fingerprint density at radius 2 is 2.07 bits per heavy atom. The summed E-state index contributed by atoms with van der Waals surface area (Å²) in [5, 5.41) is 24.4. The second-order valence-corrected chi connectivity index (χ2v) is 6.58. The van der Waals surface area contributed by atoms with Crippen LogP contribution in [0.5, 0.6) is 0 Å². The van der Waals surface area contributed by atoms with Crippen LogP contribution in [0.2, 0.25) is 0 Å². The monoisotopic (exact) mass is 374 g/mol. The molecule has 1 aliphatic heterocycles. The smallest absolute Gasteiger partial charge is 0.237 e. The first-order chi connectivity index (χ1) is 13.7. The van der Waals surface area contributed by atoms with Gasteiger partial charge in [0.2, 0.25) is 5.91 Å². The number of aromatic nitrogens is 1. The second-order valence-electron chi connectivity index (χ2n) is 6.58. The van der Waals surface area contributed by atoms with Gasteiger partial charge in [0.05, 0.1) is 29.9 Å². The predicted molar refractivity (Wildman–Crippen MR) is 106 cm³/mol. The van der Waals surface area contributed by atoms with Crippen LogP contribution in [0.4, 0.5) is 5.82 Å². The standard InChI is InChI=1S/C21H22N6O/c22-13-16-4-1-5-17(12-16)19-7-2-8-20(26-19)25-10-9-24-15-21(28)27-11-3-6-18(27)14-23/h1-2,4-5,7-8,12,18,24H,3,6,9-11,15H2,(H,25,26). The maximum absolute atomic E-state index is 12.2. The Labute approximate surface area is 164 Å². The van der Waals surface area contributed by atoms with Gasteiger partial charge < -0.3 is 15.5 Å². The highest BCUT2D eigenvalue weighted by Crippen LogP contribution is 2.20. The number of likely N-dealkylation sites (tertiary alicyclic amines) is 1. The predicted octanol–water partition coefficient (Wildman–Crippen LogP) is 2.14. The molecule has 1 atom stereocenters. The molecule has 1 aromatic carbocycles. The van der Waals surface area contributed by atoms with Gasteiger partial charge in [-0.2, -0.15) is 10.5 Å². The van der Waals surface area contributed by atoms with Crippen molar-refractivity contribution in [3.8, 4) is 23.4 Å². The highest BCUT2D eigenvalue weighted by Gasteiger charge is 2.27. The van der Waals surface area contributed by atoms with Crippen molar-refractivity contribution in [3.63, 3.8) is 0 Å². The summed E-state index contributed by atoms with van der Waals surface area (Å²) in [6.07, 6.45) is 1.66. The number of rotatable bonds is 7. The van der Waals surface area contributed by atoms with E-state index >= 15 is 0 Å². The van der Waals surface area contributed by atoms with Crippen molar-refractivity contribution in [2.24, 2.45) is 0 Å². The number of hydrogen-bond acceptors (Lipinski definition) is 6. The van der Waals surface area contributed by atoms with Gasteiger partial charge in [-0.15, -0.1) is 0 Å². The summed E-state index contributed by atoms with van der Waals surface area (Å²) < 4.78 is 0. The number of anilines is 1. The van der Waals surface area contributed by atoms with Gasteiger partial charge in [-0.1, -0.05) is 18.2 Å². The Hall–Kier alpha value is -3.42. The number of nitrogens with one attached hydrogen (secondary N) is 2. The fourth-order valence-corrected chi connectivity index (χ4v) is 3.22. The van der Waals surface area contributed by atoms with Crippen molar-refractivity contribution in [2.45, 2.75) is 18.9 Å². The third-order valence-electron chi connectivity index (χ3n) is 4.64. The zero-order chi connectivity index (χ0) is 19.8. The Morgan fingerprint density at radius 1 is 1.21 bits per heavy atom. The number of carbonyl (C=O) groups excluding carboxylic acids is 1. The molecule has 0 bridgehead atoms. The van der Waals surface area contributed by atoms with E-state index in [-0.39, 0.29) is 18.5 Å². The molecule has 7 heteroatoms. The lowest BCUT2D eigenvalue weighted by Gasteiger charge is -2.19. The van der Waals surface area contributed by atoms with Gasteiger partial charge in [0, 0.05) is 25.2 Å². The molecule has 1 unspecified atom stereocenters. The van der Waals surface area contributed by atoms with E-state index in [1.807, 2.05) is 36.4 Å². The van der Waals surface area contributed by atoms with Gasteiger partial charge in [-0.3, -0.25) is 4.79 Å². The molecule has 1 amide bonds. The fraction of sp³-hybridized carbons (Fsp3) is 0.333. The van der Waals surface area contributed by atoms with Crippen molar-refractivity contribution < 1.29 is 4.79 Å². The van der Waals surface area contributed by atoms with E-state index in [2.05, 4.69) is 27.8 Å². The first-order valence-corrected chi connectivity index (χ1v) is 9.32. The zero-order valence-electron chi connectivity index (χ0n) is 15.6. The number of benzene rings is 1. The number of nitrogens with zero attached hydrogens (tertiary/aromatic N) is 4. The van der Waals surface area contributed by atoms with E-state index in [1.54, 1.807) is 11.0 Å². The lowest BCUT2D eigenvalue weighted by Crippen LogP contribution is -2.41. The summed E-state index contributed by atoms with van der Waals surface area (Å²) in [6, 6.07) is 17.1. The normalized spacial score (nSPS) is 15.6. The average molecular weight is 374 g/mol. The molecule has 0 radical (unpaired) electrons. The Kier molecular flexibility index (Phi) is 6.56. The maximum atomic E-state index is 12.2. The SMILES string of the molecule is N#Cc1cccc(-c2cccc(NCCNCC(=O)N3CCCC3C#N)n2)c1. The molecular weight excluding hydrogens is 352 g/mol. The molecule has 2 N–H and O–H groups in total. The minimum atomic E-state index is -0.279. The van der Waals surface area contributed by atoms with Crippen LogP contribution in [-0.4, -0.2) is 48.0 Å². The topological polar surface area (TPSA) is 105 Å². The minimum Gasteiger partial charge on any atom is -0.369 e. The molecule has 0 saturated carbocycles. The molecule has 142 valence electrons. The van der Waals surface area contributed by atoms with Crippen molar-refractivity contribution in [2.75, 3.05) is 31.5 Å². The van der Waals surface area contributed by atoms with Crippen LogP contribution >= 0.6 is 0 Å². The van der Waals surface area contributed by atoms with E-state index in [4.69, 9.17) is 10.5 Å². The zero-order valence-corrected chi connectivity index (χ0v) is 15.6. The van der Waals surface area contributed by atoms with E-state index in [0.29, 0.717) is 25.2 Å². The van der Waals surface area contributed by atoms with Gasteiger partial charge in [0.25, 0.3) is 0 Å². The van der Waals surface area contributed by atoms with Crippen molar-refractivity contribution in [1.29, 1.82) is 10.5 Å². The van der Waals surface area contributed by atoms with Crippen LogP contribution in [0.15, 0.2) is 42.5 Å². The van der Waals surface area contributed by atoms with Crippen LogP contribution in [0.1, 0.15) is 18.4 Å².